The summed E-state index contributed by atoms with van der Waals surface area (Å²) in [6.07, 6.45) is 3.20. The van der Waals surface area contributed by atoms with Crippen LogP contribution in [-0.2, 0) is 9.84 Å². The zero-order valence-corrected chi connectivity index (χ0v) is 11.5. The normalized spacial score (nSPS) is 13.8. The van der Waals surface area contributed by atoms with Crippen LogP contribution in [-0.4, -0.2) is 27.0 Å². The molecule has 0 aliphatic carbocycles. The van der Waals surface area contributed by atoms with E-state index in [1.807, 2.05) is 20.0 Å². The molecule has 17 heavy (non-hydrogen) atoms. The molecule has 1 aromatic rings. The summed E-state index contributed by atoms with van der Waals surface area (Å²) in [6, 6.07) is 2.15. The number of rotatable bonds is 7. The van der Waals surface area contributed by atoms with Gasteiger partial charge < -0.3 is 9.73 Å². The Bertz CT molecular complexity index is 436. The second-order valence-electron chi connectivity index (χ2n) is 4.21. The van der Waals surface area contributed by atoms with Crippen LogP contribution in [0.3, 0.4) is 0 Å². The molecular formula is C12H21NO3S. The second kappa shape index (κ2) is 6.21. The van der Waals surface area contributed by atoms with E-state index in [2.05, 4.69) is 5.32 Å². The summed E-state index contributed by atoms with van der Waals surface area (Å²) in [4.78, 5) is 0. The largest absolute Gasteiger partial charge is 0.469 e. The Balaban J connectivity index is 2.49. The van der Waals surface area contributed by atoms with Crippen LogP contribution in [0.2, 0.25) is 0 Å². The number of hydrogen-bond donors (Lipinski definition) is 1. The molecule has 1 N–H and O–H groups in total. The first-order valence-electron chi connectivity index (χ1n) is 5.91. The highest BCUT2D eigenvalue weighted by atomic mass is 32.2. The molecule has 0 spiro atoms. The molecular weight excluding hydrogens is 238 g/mol. The van der Waals surface area contributed by atoms with E-state index in [0.717, 1.165) is 17.7 Å². The van der Waals surface area contributed by atoms with Crippen molar-refractivity contribution in [2.45, 2.75) is 32.7 Å². The summed E-state index contributed by atoms with van der Waals surface area (Å²) in [5.74, 6) is 1.36. The standard InChI is InChI=1S/C12H21NO3S/c1-4-17(14,15)7-5-6-12(13-3)11-8-10(2)16-9-11/h8-9,12-13H,4-7H2,1-3H3. The van der Waals surface area contributed by atoms with Crippen molar-refractivity contribution in [3.63, 3.8) is 0 Å². The number of nitrogens with one attached hydrogen (secondary N) is 1. The Morgan fingerprint density at radius 1 is 1.47 bits per heavy atom. The third-order valence-electron chi connectivity index (χ3n) is 2.89. The van der Waals surface area contributed by atoms with Crippen molar-refractivity contribution in [1.82, 2.24) is 5.32 Å². The fourth-order valence-electron chi connectivity index (χ4n) is 1.78. The van der Waals surface area contributed by atoms with Crippen LogP contribution >= 0.6 is 0 Å². The van der Waals surface area contributed by atoms with E-state index in [9.17, 15) is 8.42 Å². The highest BCUT2D eigenvalue weighted by Gasteiger charge is 2.13. The van der Waals surface area contributed by atoms with Crippen molar-refractivity contribution >= 4 is 9.84 Å². The van der Waals surface area contributed by atoms with Gasteiger partial charge in [0, 0.05) is 17.4 Å². The molecule has 1 heterocycles. The monoisotopic (exact) mass is 259 g/mol. The average molecular weight is 259 g/mol. The van der Waals surface area contributed by atoms with Gasteiger partial charge in [-0.15, -0.1) is 0 Å². The summed E-state index contributed by atoms with van der Waals surface area (Å²) in [7, 11) is -0.975. The maximum Gasteiger partial charge on any atom is 0.150 e. The van der Waals surface area contributed by atoms with Crippen molar-refractivity contribution in [2.24, 2.45) is 0 Å². The molecule has 0 amide bonds. The molecule has 98 valence electrons. The van der Waals surface area contributed by atoms with Crippen LogP contribution in [0, 0.1) is 6.92 Å². The van der Waals surface area contributed by atoms with Crippen molar-refractivity contribution in [1.29, 1.82) is 0 Å². The van der Waals surface area contributed by atoms with Crippen molar-refractivity contribution < 1.29 is 12.8 Å². The maximum absolute atomic E-state index is 11.4. The Labute approximate surface area is 103 Å². The average Bonchev–Trinajstić information content (AvgIpc) is 2.71. The molecule has 0 radical (unpaired) electrons. The molecule has 0 saturated heterocycles. The number of sulfone groups is 1. The van der Waals surface area contributed by atoms with Gasteiger partial charge in [-0.05, 0) is 32.9 Å². The van der Waals surface area contributed by atoms with Gasteiger partial charge in [-0.1, -0.05) is 6.92 Å². The lowest BCUT2D eigenvalue weighted by Crippen LogP contribution is -2.17. The summed E-state index contributed by atoms with van der Waals surface area (Å²) >= 11 is 0. The highest BCUT2D eigenvalue weighted by molar-refractivity contribution is 7.91. The topological polar surface area (TPSA) is 59.3 Å². The van der Waals surface area contributed by atoms with E-state index in [1.54, 1.807) is 13.2 Å². The number of hydrogen-bond acceptors (Lipinski definition) is 4. The fourth-order valence-corrected chi connectivity index (χ4v) is 2.67. The van der Waals surface area contributed by atoms with Crippen LogP contribution in [0.15, 0.2) is 16.7 Å². The van der Waals surface area contributed by atoms with E-state index in [-0.39, 0.29) is 17.5 Å². The molecule has 4 nitrogen and oxygen atoms in total. The minimum Gasteiger partial charge on any atom is -0.469 e. The zero-order valence-electron chi connectivity index (χ0n) is 10.7. The van der Waals surface area contributed by atoms with E-state index in [1.165, 1.54) is 0 Å². The lowest BCUT2D eigenvalue weighted by Gasteiger charge is -2.13. The lowest BCUT2D eigenvalue weighted by atomic mass is 10.1. The Morgan fingerprint density at radius 2 is 2.18 bits per heavy atom. The SMILES string of the molecule is CCS(=O)(=O)CCCC(NC)c1coc(C)c1. The molecule has 0 bridgehead atoms. The molecule has 1 aromatic heterocycles. The molecule has 0 aliphatic rings. The van der Waals surface area contributed by atoms with Gasteiger partial charge in [-0.2, -0.15) is 0 Å². The van der Waals surface area contributed by atoms with Crippen LogP contribution < -0.4 is 5.32 Å². The third-order valence-corrected chi connectivity index (χ3v) is 4.68. The van der Waals surface area contributed by atoms with Gasteiger partial charge in [0.1, 0.15) is 15.6 Å². The van der Waals surface area contributed by atoms with E-state index < -0.39 is 9.84 Å². The summed E-state index contributed by atoms with van der Waals surface area (Å²) in [5, 5.41) is 3.18. The molecule has 0 aliphatic heterocycles. The Kier molecular flexibility index (Phi) is 5.21. The number of furan rings is 1. The minimum atomic E-state index is -2.85. The van der Waals surface area contributed by atoms with Gasteiger partial charge in [-0.25, -0.2) is 8.42 Å². The van der Waals surface area contributed by atoms with Crippen molar-refractivity contribution in [3.05, 3.63) is 23.7 Å². The quantitative estimate of drug-likeness (QED) is 0.814. The lowest BCUT2D eigenvalue weighted by molar-refractivity contribution is 0.507. The first-order valence-corrected chi connectivity index (χ1v) is 7.73. The van der Waals surface area contributed by atoms with Crippen LogP contribution in [0.25, 0.3) is 0 Å². The third kappa shape index (κ3) is 4.52. The molecule has 1 atom stereocenters. The second-order valence-corrected chi connectivity index (χ2v) is 6.68. The smallest absolute Gasteiger partial charge is 0.150 e. The first kappa shape index (κ1) is 14.3. The van der Waals surface area contributed by atoms with Gasteiger partial charge in [0.05, 0.1) is 12.0 Å². The van der Waals surface area contributed by atoms with Crippen LogP contribution in [0.1, 0.15) is 37.1 Å². The summed E-state index contributed by atoms with van der Waals surface area (Å²) in [6.45, 7) is 3.59. The molecule has 1 unspecified atom stereocenters. The molecule has 0 saturated carbocycles. The van der Waals surface area contributed by atoms with Crippen LogP contribution in [0.5, 0.6) is 0 Å². The molecule has 1 rings (SSSR count). The summed E-state index contributed by atoms with van der Waals surface area (Å²) < 4.78 is 28.0. The maximum atomic E-state index is 11.4. The number of aryl methyl sites for hydroxylation is 1. The first-order chi connectivity index (χ1) is 7.98. The van der Waals surface area contributed by atoms with E-state index in [4.69, 9.17) is 4.42 Å². The van der Waals surface area contributed by atoms with Gasteiger partial charge in [-0.3, -0.25) is 0 Å². The van der Waals surface area contributed by atoms with Crippen molar-refractivity contribution in [2.75, 3.05) is 18.6 Å². The molecule has 0 aromatic carbocycles. The fraction of sp³-hybridized carbons (Fsp3) is 0.667. The zero-order chi connectivity index (χ0) is 12.9. The molecule has 5 heteroatoms. The van der Waals surface area contributed by atoms with Gasteiger partial charge in [0.25, 0.3) is 0 Å². The van der Waals surface area contributed by atoms with E-state index in [0.29, 0.717) is 6.42 Å². The summed E-state index contributed by atoms with van der Waals surface area (Å²) in [5.41, 5.74) is 1.08. The van der Waals surface area contributed by atoms with Crippen LogP contribution in [0.4, 0.5) is 0 Å². The van der Waals surface area contributed by atoms with Gasteiger partial charge >= 0.3 is 0 Å². The predicted molar refractivity (Wildman–Crippen MR) is 68.8 cm³/mol. The van der Waals surface area contributed by atoms with Gasteiger partial charge in [0.15, 0.2) is 0 Å². The highest BCUT2D eigenvalue weighted by Crippen LogP contribution is 2.20. The predicted octanol–water partition coefficient (Wildman–Crippen LogP) is 2.06. The Hall–Kier alpha value is -0.810. The van der Waals surface area contributed by atoms with Gasteiger partial charge in [0.2, 0.25) is 0 Å². The minimum absolute atomic E-state index is 0.166. The Morgan fingerprint density at radius 3 is 2.65 bits per heavy atom. The van der Waals surface area contributed by atoms with E-state index >= 15 is 0 Å². The molecule has 0 fully saturated rings. The van der Waals surface area contributed by atoms with Crippen molar-refractivity contribution in [3.8, 4) is 0 Å².